The summed E-state index contributed by atoms with van der Waals surface area (Å²) in [6.45, 7) is 6.06. The molecule has 40 heavy (non-hydrogen) atoms. The van der Waals surface area contributed by atoms with Crippen LogP contribution >= 0.6 is 0 Å². The van der Waals surface area contributed by atoms with Crippen molar-refractivity contribution in [3.8, 4) is 0 Å². The fourth-order valence-electron chi connectivity index (χ4n) is 3.78. The number of nitrogens with zero attached hydrogens (tertiary/aromatic N) is 8. The van der Waals surface area contributed by atoms with Crippen LogP contribution in [0.3, 0.4) is 0 Å². The average Bonchev–Trinajstić information content (AvgIpc) is 3.48. The highest BCUT2D eigenvalue weighted by Crippen LogP contribution is 2.21. The number of benzene rings is 3. The fraction of sp³-hybridized carbons (Fsp3) is 0.290. The molecule has 3 aromatic rings. The predicted molar refractivity (Wildman–Crippen MR) is 164 cm³/mol. The summed E-state index contributed by atoms with van der Waals surface area (Å²) in [7, 11) is 7.94. The Kier molecular flexibility index (Phi) is 11.3. The number of hydrogen-bond donors (Lipinski definition) is 1. The Morgan fingerprint density at radius 3 is 1.32 bits per heavy atom. The minimum absolute atomic E-state index is 0.0266. The van der Waals surface area contributed by atoms with Crippen LogP contribution in [0.15, 0.2) is 99.3 Å². The van der Waals surface area contributed by atoms with Crippen molar-refractivity contribution in [2.24, 2.45) is 20.5 Å². The van der Waals surface area contributed by atoms with E-state index in [4.69, 9.17) is 0 Å². The second-order valence-electron chi connectivity index (χ2n) is 9.26. The molecular weight excluding hydrogens is 498 g/mol. The summed E-state index contributed by atoms with van der Waals surface area (Å²) in [6, 6.07) is 26.0. The van der Waals surface area contributed by atoms with E-state index in [9.17, 15) is 0 Å². The number of para-hydroxylation sites is 1. The summed E-state index contributed by atoms with van der Waals surface area (Å²) in [6.07, 6.45) is 7.84. The molecule has 0 aromatic heterocycles. The smallest absolute Gasteiger partial charge is 0.356 e. The first-order chi connectivity index (χ1) is 19.4. The van der Waals surface area contributed by atoms with Crippen LogP contribution in [0.2, 0.25) is 0 Å². The van der Waals surface area contributed by atoms with Crippen LogP contribution in [0, 0.1) is 6.92 Å². The van der Waals surface area contributed by atoms with Crippen molar-refractivity contribution < 1.29 is 18.3 Å². The molecule has 0 saturated heterocycles. The molecule has 2 aliphatic rings. The third-order valence-corrected chi connectivity index (χ3v) is 6.05. The van der Waals surface area contributed by atoms with E-state index in [-0.39, 0.29) is 12.6 Å². The topological polar surface area (TPSA) is 73.5 Å². The van der Waals surface area contributed by atoms with Crippen molar-refractivity contribution in [3.63, 3.8) is 0 Å². The summed E-state index contributed by atoms with van der Waals surface area (Å²) in [5.41, 5.74) is 5.06. The van der Waals surface area contributed by atoms with Gasteiger partial charge in [0, 0.05) is 11.4 Å². The molecule has 0 atom stereocenters. The van der Waals surface area contributed by atoms with Crippen molar-refractivity contribution in [3.05, 3.63) is 84.4 Å². The molecule has 0 bridgehead atoms. The van der Waals surface area contributed by atoms with E-state index >= 15 is 0 Å². The van der Waals surface area contributed by atoms with Gasteiger partial charge >= 0.3 is 12.6 Å². The summed E-state index contributed by atoms with van der Waals surface area (Å²) in [4.78, 5) is 0. The normalized spacial score (nSPS) is 15.1. The van der Waals surface area contributed by atoms with Gasteiger partial charge in [0.2, 0.25) is 24.9 Å². The van der Waals surface area contributed by atoms with Gasteiger partial charge in [-0.2, -0.15) is 0 Å². The molecule has 3 aromatic carbocycles. The monoisotopic (exact) mass is 539 g/mol. The molecule has 9 nitrogen and oxygen atoms in total. The van der Waals surface area contributed by atoms with Gasteiger partial charge in [0.15, 0.2) is 0 Å². The van der Waals surface area contributed by atoms with E-state index in [1.807, 2.05) is 164 Å². The van der Waals surface area contributed by atoms with Gasteiger partial charge in [0.1, 0.15) is 28.2 Å². The zero-order valence-corrected chi connectivity index (χ0v) is 24.5. The van der Waals surface area contributed by atoms with E-state index in [2.05, 4.69) is 32.7 Å². The Bertz CT molecular complexity index is 1380. The van der Waals surface area contributed by atoms with Gasteiger partial charge in [0.05, 0.1) is 11.4 Å². The number of nitrogens with one attached hydrogen (secondary N) is 1. The van der Waals surface area contributed by atoms with Gasteiger partial charge in [-0.15, -0.1) is 28.5 Å². The largest absolute Gasteiger partial charge is 0.464 e. The quantitative estimate of drug-likeness (QED) is 0.300. The second kappa shape index (κ2) is 15.1. The Morgan fingerprint density at radius 2 is 0.900 bits per heavy atom. The standard InChI is InChI=1S/C17H18N5.C12H16N4.C2H6/c1-21-12-13-22(2)17(21)20-19-16-10-8-15(9-11-16)18-14-6-4-3-5-7-14;1-10-4-6-11(7-5-10)13-14-12-15(2)8-9-16(12)3;1-2/h3-13,17H,1-2H3;4-9,12H,1-3H3;1-2H3/q+1;+2;/p+1. The molecule has 0 radical (unpaired) electrons. The van der Waals surface area contributed by atoms with Gasteiger partial charge in [-0.1, -0.05) is 49.7 Å². The molecule has 0 spiro atoms. The highest BCUT2D eigenvalue weighted by molar-refractivity contribution is 6.11. The van der Waals surface area contributed by atoms with E-state index in [1.165, 1.54) is 5.56 Å². The first-order valence-electron chi connectivity index (χ1n) is 13.4. The molecular formula is C31H41N9+4. The number of hydrogen-bond acceptors (Lipinski definition) is 5. The summed E-state index contributed by atoms with van der Waals surface area (Å²) in [5.74, 6) is 0. The third-order valence-electron chi connectivity index (χ3n) is 6.05. The van der Waals surface area contributed by atoms with Gasteiger partial charge in [-0.25, -0.2) is 0 Å². The number of azo groups is 2. The van der Waals surface area contributed by atoms with Crippen molar-refractivity contribution in [1.29, 1.82) is 0 Å². The van der Waals surface area contributed by atoms with Crippen molar-refractivity contribution in [2.45, 2.75) is 33.4 Å². The van der Waals surface area contributed by atoms with Gasteiger partial charge in [0.25, 0.3) is 0 Å². The zero-order chi connectivity index (χ0) is 28.9. The molecule has 2 heterocycles. The summed E-state index contributed by atoms with van der Waals surface area (Å²) in [5, 5.41) is 20.5. The van der Waals surface area contributed by atoms with Gasteiger partial charge in [-0.05, 0) is 65.7 Å². The molecule has 0 saturated carbocycles. The van der Waals surface area contributed by atoms with E-state index in [0.29, 0.717) is 0 Å². The number of rotatable bonds is 6. The predicted octanol–water partition coefficient (Wildman–Crippen LogP) is 6.07. The van der Waals surface area contributed by atoms with Crippen LogP contribution < -0.4 is 5.32 Å². The van der Waals surface area contributed by atoms with Crippen LogP contribution in [0.1, 0.15) is 19.4 Å². The first-order valence-corrected chi connectivity index (χ1v) is 13.4. The SMILES string of the molecule is CC.C[N+]1=CC=[N+](C)C1N=Nc1ccc(Nc2ccccc2)cc1.Cc1ccc(N=NC2[N+](C)=CC=[N+]2C)cc1. The van der Waals surface area contributed by atoms with Crippen LogP contribution in [-0.4, -0.2) is 83.9 Å². The van der Waals surface area contributed by atoms with Crippen molar-refractivity contribution in [2.75, 3.05) is 33.5 Å². The molecule has 0 unspecified atom stereocenters. The highest BCUT2D eigenvalue weighted by atomic mass is 15.4. The first kappa shape index (κ1) is 29.9. The minimum atomic E-state index is -0.0675. The minimum Gasteiger partial charge on any atom is -0.356 e. The van der Waals surface area contributed by atoms with Crippen molar-refractivity contribution in [1.82, 2.24) is 0 Å². The molecule has 2 aliphatic heterocycles. The molecule has 0 fully saturated rings. The van der Waals surface area contributed by atoms with E-state index in [0.717, 1.165) is 22.7 Å². The number of anilines is 2. The summed E-state index contributed by atoms with van der Waals surface area (Å²) < 4.78 is 8.04. The Labute approximate surface area is 237 Å². The molecule has 5 rings (SSSR count). The third kappa shape index (κ3) is 8.69. The maximum Gasteiger partial charge on any atom is 0.464 e. The van der Waals surface area contributed by atoms with Gasteiger partial charge in [-0.3, -0.25) is 0 Å². The fourth-order valence-corrected chi connectivity index (χ4v) is 3.78. The van der Waals surface area contributed by atoms with E-state index in [1.54, 1.807) is 0 Å². The Morgan fingerprint density at radius 1 is 0.525 bits per heavy atom. The second-order valence-corrected chi connectivity index (χ2v) is 9.26. The maximum atomic E-state index is 4.36. The molecule has 9 heteroatoms. The molecule has 1 N–H and O–H groups in total. The average molecular weight is 540 g/mol. The Hall–Kier alpha value is -4.66. The van der Waals surface area contributed by atoms with Crippen LogP contribution in [0.5, 0.6) is 0 Å². The summed E-state index contributed by atoms with van der Waals surface area (Å²) >= 11 is 0. The number of aryl methyl sites for hydroxylation is 1. The van der Waals surface area contributed by atoms with Crippen molar-refractivity contribution >= 4 is 47.6 Å². The lowest BCUT2D eigenvalue weighted by Crippen LogP contribution is -2.25. The zero-order valence-electron chi connectivity index (χ0n) is 24.5. The lowest BCUT2D eigenvalue weighted by molar-refractivity contribution is -0.737. The van der Waals surface area contributed by atoms with Gasteiger partial charge < -0.3 is 5.32 Å². The van der Waals surface area contributed by atoms with Crippen LogP contribution in [0.25, 0.3) is 0 Å². The molecule has 206 valence electrons. The maximum absolute atomic E-state index is 4.36. The molecule has 0 amide bonds. The van der Waals surface area contributed by atoms with Crippen LogP contribution in [-0.2, 0) is 0 Å². The lowest BCUT2D eigenvalue weighted by Gasteiger charge is -2.05. The van der Waals surface area contributed by atoms with Crippen LogP contribution in [0.4, 0.5) is 22.7 Å². The Balaban J connectivity index is 0.000000217. The van der Waals surface area contributed by atoms with E-state index < -0.39 is 0 Å². The lowest BCUT2D eigenvalue weighted by atomic mass is 10.2. The highest BCUT2D eigenvalue weighted by Gasteiger charge is 2.30. The molecule has 0 aliphatic carbocycles.